The van der Waals surface area contributed by atoms with E-state index in [9.17, 15) is 13.2 Å². The molecule has 1 aliphatic heterocycles. The first-order chi connectivity index (χ1) is 17.3. The molecule has 9 nitrogen and oxygen atoms in total. The summed E-state index contributed by atoms with van der Waals surface area (Å²) in [6.45, 7) is 7.94. The number of aromatic nitrogens is 3. The third-order valence-corrected chi connectivity index (χ3v) is 8.38. The zero-order valence-electron chi connectivity index (χ0n) is 20.4. The molecule has 0 bridgehead atoms. The van der Waals surface area contributed by atoms with Gasteiger partial charge in [0.1, 0.15) is 21.7 Å². The van der Waals surface area contributed by atoms with Crippen molar-refractivity contribution < 1.29 is 13.2 Å². The van der Waals surface area contributed by atoms with Crippen LogP contribution < -0.4 is 11.0 Å². The number of ether oxygens (including phenoxy) is 1. The van der Waals surface area contributed by atoms with Crippen LogP contribution in [0.1, 0.15) is 17.5 Å². The summed E-state index contributed by atoms with van der Waals surface area (Å²) in [5, 5.41) is 9.09. The number of morpholine rings is 1. The van der Waals surface area contributed by atoms with Gasteiger partial charge in [-0.2, -0.15) is 0 Å². The van der Waals surface area contributed by atoms with E-state index in [4.69, 9.17) is 15.1 Å². The van der Waals surface area contributed by atoms with E-state index in [0.29, 0.717) is 37.5 Å². The van der Waals surface area contributed by atoms with Gasteiger partial charge in [-0.1, -0.05) is 23.8 Å². The van der Waals surface area contributed by atoms with Crippen LogP contribution in [0.4, 0.5) is 0 Å². The van der Waals surface area contributed by atoms with Crippen molar-refractivity contribution in [3.05, 3.63) is 75.6 Å². The highest BCUT2D eigenvalue weighted by Crippen LogP contribution is 2.21. The number of rotatable bonds is 6. The Hall–Kier alpha value is -3.34. The quantitative estimate of drug-likeness (QED) is 0.401. The van der Waals surface area contributed by atoms with E-state index < -0.39 is 9.84 Å². The van der Waals surface area contributed by atoms with Crippen molar-refractivity contribution in [2.45, 2.75) is 36.6 Å². The average Bonchev–Trinajstić information content (AvgIpc) is 2.87. The predicted octanol–water partition coefficient (Wildman–Crippen LogP) is 2.30. The number of aryl methyl sites for hydroxylation is 3. The molecule has 1 saturated heterocycles. The Labute approximate surface area is 209 Å². The van der Waals surface area contributed by atoms with E-state index in [2.05, 4.69) is 4.90 Å². The van der Waals surface area contributed by atoms with Crippen LogP contribution >= 0.6 is 0 Å². The van der Waals surface area contributed by atoms with Crippen LogP contribution in [0, 0.1) is 19.3 Å². The monoisotopic (exact) mass is 507 g/mol. The van der Waals surface area contributed by atoms with Crippen LogP contribution in [0.2, 0.25) is 0 Å². The van der Waals surface area contributed by atoms with Gasteiger partial charge in [0.25, 0.3) is 5.56 Å². The minimum Gasteiger partial charge on any atom is -0.379 e. The number of nitrogens with one attached hydrogen (secondary N) is 1. The molecule has 188 valence electrons. The number of pyridine rings is 2. The molecular weight excluding hydrogens is 478 g/mol. The van der Waals surface area contributed by atoms with Gasteiger partial charge in [0.15, 0.2) is 0 Å². The van der Waals surface area contributed by atoms with E-state index in [1.54, 1.807) is 29.0 Å². The first-order valence-electron chi connectivity index (χ1n) is 12.0. The third kappa shape index (κ3) is 4.47. The Bertz CT molecular complexity index is 1670. The lowest BCUT2D eigenvalue weighted by atomic mass is 10.2. The van der Waals surface area contributed by atoms with Gasteiger partial charge < -0.3 is 9.30 Å². The number of hydrogen-bond donors (Lipinski definition) is 1. The molecule has 0 spiro atoms. The summed E-state index contributed by atoms with van der Waals surface area (Å²) in [5.74, 6) is 0. The third-order valence-electron chi connectivity index (χ3n) is 6.60. The van der Waals surface area contributed by atoms with Crippen LogP contribution in [-0.4, -0.2) is 60.1 Å². The summed E-state index contributed by atoms with van der Waals surface area (Å²) in [4.78, 5) is 20.4. The summed E-state index contributed by atoms with van der Waals surface area (Å²) < 4.78 is 35.7. The number of hydrogen-bond acceptors (Lipinski definition) is 7. The molecule has 0 atom stereocenters. The Balaban J connectivity index is 1.69. The van der Waals surface area contributed by atoms with Crippen molar-refractivity contribution in [1.82, 2.24) is 18.9 Å². The summed E-state index contributed by atoms with van der Waals surface area (Å²) in [5.41, 5.74) is 2.05. The van der Waals surface area contributed by atoms with E-state index in [0.717, 1.165) is 30.8 Å². The van der Waals surface area contributed by atoms with Crippen LogP contribution in [0.25, 0.3) is 16.7 Å². The van der Waals surface area contributed by atoms with Gasteiger partial charge in [-0.25, -0.2) is 13.4 Å². The molecular formula is C26H29N5O4S. The molecule has 1 N–H and O–H groups in total. The molecule has 3 aromatic heterocycles. The van der Waals surface area contributed by atoms with Gasteiger partial charge in [-0.05, 0) is 50.1 Å². The van der Waals surface area contributed by atoms with Crippen molar-refractivity contribution in [3.63, 3.8) is 0 Å². The Kier molecular flexibility index (Phi) is 6.50. The van der Waals surface area contributed by atoms with Gasteiger partial charge in [-0.3, -0.25) is 19.5 Å². The lowest BCUT2D eigenvalue weighted by Gasteiger charge is -2.26. The predicted molar refractivity (Wildman–Crippen MR) is 136 cm³/mol. The summed E-state index contributed by atoms with van der Waals surface area (Å²) in [6, 6.07) is 11.5. The minimum atomic E-state index is -4.04. The van der Waals surface area contributed by atoms with E-state index in [1.165, 1.54) is 22.6 Å². The maximum absolute atomic E-state index is 13.6. The molecule has 36 heavy (non-hydrogen) atoms. The molecule has 1 aliphatic rings. The molecule has 0 unspecified atom stereocenters. The molecule has 0 aliphatic carbocycles. The summed E-state index contributed by atoms with van der Waals surface area (Å²) >= 11 is 0. The van der Waals surface area contributed by atoms with Crippen LogP contribution in [0.3, 0.4) is 0 Å². The van der Waals surface area contributed by atoms with Crippen LogP contribution in [0.15, 0.2) is 63.2 Å². The second-order valence-electron chi connectivity index (χ2n) is 9.22. The van der Waals surface area contributed by atoms with Crippen molar-refractivity contribution in [1.29, 1.82) is 5.41 Å². The first-order valence-corrected chi connectivity index (χ1v) is 13.5. The molecule has 1 aromatic carbocycles. The van der Waals surface area contributed by atoms with Gasteiger partial charge in [0.05, 0.1) is 23.5 Å². The van der Waals surface area contributed by atoms with Crippen LogP contribution in [0.5, 0.6) is 0 Å². The highest BCUT2D eigenvalue weighted by Gasteiger charge is 2.24. The molecule has 10 heteroatoms. The fraction of sp³-hybridized carbons (Fsp3) is 0.346. The summed E-state index contributed by atoms with van der Waals surface area (Å²) in [7, 11) is -4.04. The molecule has 0 saturated carbocycles. The fourth-order valence-corrected chi connectivity index (χ4v) is 5.95. The Morgan fingerprint density at radius 1 is 1.00 bits per heavy atom. The SMILES string of the molecule is Cc1ccc(S(=O)(=O)c2cc3c(=O)n4cc(C)ccc4nc3n(CCCN3CCOCC3)c2=N)cc1. The molecule has 5 rings (SSSR count). The second-order valence-corrected chi connectivity index (χ2v) is 11.1. The zero-order valence-corrected chi connectivity index (χ0v) is 21.2. The largest absolute Gasteiger partial charge is 0.379 e. The van der Waals surface area contributed by atoms with Crippen molar-refractivity contribution in [3.8, 4) is 0 Å². The smallest absolute Gasteiger partial charge is 0.267 e. The lowest BCUT2D eigenvalue weighted by molar-refractivity contribution is 0.0369. The lowest BCUT2D eigenvalue weighted by Crippen LogP contribution is -2.37. The standard InChI is InChI=1S/C26H29N5O4S/c1-18-4-7-20(8-5-18)36(33,34)22-16-21-25(28-23-9-6-19(2)17-31(23)26(21)32)30(24(22)27)11-3-10-29-12-14-35-15-13-29/h4-9,16-17,27H,3,10-15H2,1-2H3. The number of fused-ring (bicyclic) bond motifs is 2. The Morgan fingerprint density at radius 3 is 2.42 bits per heavy atom. The zero-order chi connectivity index (χ0) is 25.4. The average molecular weight is 508 g/mol. The van der Waals surface area contributed by atoms with E-state index in [-0.39, 0.29) is 26.2 Å². The van der Waals surface area contributed by atoms with Crippen LogP contribution in [-0.2, 0) is 21.1 Å². The van der Waals surface area contributed by atoms with Crippen molar-refractivity contribution in [2.24, 2.45) is 0 Å². The van der Waals surface area contributed by atoms with Gasteiger partial charge in [-0.15, -0.1) is 0 Å². The van der Waals surface area contributed by atoms with E-state index >= 15 is 0 Å². The number of benzene rings is 1. The molecule has 0 radical (unpaired) electrons. The van der Waals surface area contributed by atoms with E-state index in [1.807, 2.05) is 19.9 Å². The van der Waals surface area contributed by atoms with Crippen molar-refractivity contribution >= 4 is 26.5 Å². The molecule has 4 aromatic rings. The highest BCUT2D eigenvalue weighted by molar-refractivity contribution is 7.91. The number of sulfone groups is 1. The number of nitrogens with zero attached hydrogens (tertiary/aromatic N) is 4. The fourth-order valence-electron chi connectivity index (χ4n) is 4.56. The minimum absolute atomic E-state index is 0.0884. The molecule has 0 amide bonds. The van der Waals surface area contributed by atoms with Crippen molar-refractivity contribution in [2.75, 3.05) is 32.8 Å². The maximum atomic E-state index is 13.6. The van der Waals surface area contributed by atoms with Gasteiger partial charge in [0.2, 0.25) is 9.84 Å². The second kappa shape index (κ2) is 9.61. The highest BCUT2D eigenvalue weighted by atomic mass is 32.2. The molecule has 1 fully saturated rings. The van der Waals surface area contributed by atoms with Gasteiger partial charge >= 0.3 is 0 Å². The maximum Gasteiger partial charge on any atom is 0.267 e. The summed E-state index contributed by atoms with van der Waals surface area (Å²) in [6.07, 6.45) is 2.37. The first kappa shape index (κ1) is 24.4. The Morgan fingerprint density at radius 2 is 1.69 bits per heavy atom. The molecule has 4 heterocycles. The topological polar surface area (TPSA) is 110 Å². The normalized spacial score (nSPS) is 15.1. The van der Waals surface area contributed by atoms with Gasteiger partial charge in [0, 0.05) is 32.4 Å².